The van der Waals surface area contributed by atoms with Crippen LogP contribution in [0.1, 0.15) is 37.8 Å². The van der Waals surface area contributed by atoms with Crippen LogP contribution in [0.5, 0.6) is 0 Å². The van der Waals surface area contributed by atoms with Gasteiger partial charge in [-0.25, -0.2) is 9.97 Å². The Morgan fingerprint density at radius 3 is 2.44 bits per heavy atom. The van der Waals surface area contributed by atoms with Crippen LogP contribution in [0.3, 0.4) is 0 Å². The molecule has 1 saturated carbocycles. The quantitative estimate of drug-likeness (QED) is 0.785. The van der Waals surface area contributed by atoms with Gasteiger partial charge in [0.25, 0.3) is 0 Å². The molecule has 0 bridgehead atoms. The predicted octanol–water partition coefficient (Wildman–Crippen LogP) is 1.62. The van der Waals surface area contributed by atoms with Crippen LogP contribution in [0.25, 0.3) is 11.1 Å². The van der Waals surface area contributed by atoms with Gasteiger partial charge in [0.05, 0.1) is 5.69 Å². The lowest BCUT2D eigenvalue weighted by Gasteiger charge is -2.37. The highest BCUT2D eigenvalue weighted by Crippen LogP contribution is 2.36. The van der Waals surface area contributed by atoms with Crippen molar-refractivity contribution in [1.29, 1.82) is 0 Å². The summed E-state index contributed by atoms with van der Waals surface area (Å²) < 4.78 is 0. The van der Waals surface area contributed by atoms with Gasteiger partial charge in [-0.05, 0) is 44.7 Å². The Bertz CT molecular complexity index is 677. The van der Waals surface area contributed by atoms with Crippen molar-refractivity contribution in [3.63, 3.8) is 0 Å². The Morgan fingerprint density at radius 1 is 1.00 bits per heavy atom. The maximum absolute atomic E-state index is 11.1. The number of hydrogen-bond acceptors (Lipinski definition) is 6. The molecular weight excluding hydrogens is 314 g/mol. The molecule has 2 fully saturated rings. The molecule has 0 spiro atoms. The fourth-order valence-corrected chi connectivity index (χ4v) is 3.94. The predicted molar refractivity (Wildman–Crippen MR) is 95.8 cm³/mol. The average molecular weight is 339 g/mol. The van der Waals surface area contributed by atoms with Crippen molar-refractivity contribution in [2.45, 2.75) is 49.8 Å². The SMILES string of the molecule is OC1(c2ccc(-c3cncnc3)cn2)CCC(N[C@H]2CCNC2)CC1. The number of hydrogen-bond donors (Lipinski definition) is 3. The van der Waals surface area contributed by atoms with Crippen LogP contribution in [0.2, 0.25) is 0 Å². The maximum Gasteiger partial charge on any atom is 0.115 e. The average Bonchev–Trinajstić information content (AvgIpc) is 3.18. The number of nitrogens with one attached hydrogen (secondary N) is 2. The van der Waals surface area contributed by atoms with E-state index in [0.717, 1.165) is 55.6 Å². The second kappa shape index (κ2) is 7.15. The lowest BCUT2D eigenvalue weighted by molar-refractivity contribution is -0.0130. The molecule has 0 aromatic carbocycles. The van der Waals surface area contributed by atoms with Crippen LogP contribution in [0.15, 0.2) is 37.1 Å². The van der Waals surface area contributed by atoms with Crippen LogP contribution in [-0.4, -0.2) is 45.2 Å². The van der Waals surface area contributed by atoms with Crippen LogP contribution >= 0.6 is 0 Å². The third-order valence-corrected chi connectivity index (χ3v) is 5.48. The second-order valence-corrected chi connectivity index (χ2v) is 7.22. The minimum Gasteiger partial charge on any atom is -0.384 e. The third kappa shape index (κ3) is 3.71. The zero-order valence-corrected chi connectivity index (χ0v) is 14.4. The molecule has 132 valence electrons. The summed E-state index contributed by atoms with van der Waals surface area (Å²) >= 11 is 0. The van der Waals surface area contributed by atoms with Gasteiger partial charge in [0.15, 0.2) is 0 Å². The zero-order chi connectivity index (χ0) is 17.1. The van der Waals surface area contributed by atoms with Crippen molar-refractivity contribution in [3.05, 3.63) is 42.7 Å². The smallest absolute Gasteiger partial charge is 0.115 e. The van der Waals surface area contributed by atoms with Gasteiger partial charge in [-0.15, -0.1) is 0 Å². The number of aromatic nitrogens is 3. The van der Waals surface area contributed by atoms with Gasteiger partial charge in [0.2, 0.25) is 0 Å². The molecule has 25 heavy (non-hydrogen) atoms. The first-order chi connectivity index (χ1) is 12.2. The molecule has 1 saturated heterocycles. The monoisotopic (exact) mass is 339 g/mol. The Labute approximate surface area is 148 Å². The standard InChI is InChI=1S/C19H25N5O/c25-19(6-3-16(4-7-19)24-17-5-8-20-12-17)18-2-1-14(11-23-18)15-9-21-13-22-10-15/h1-2,9-11,13,16-17,20,24-25H,3-8,12H2/t16?,17-,19?/m0/s1. The summed E-state index contributed by atoms with van der Waals surface area (Å²) in [5, 5.41) is 18.2. The number of aliphatic hydroxyl groups is 1. The summed E-state index contributed by atoms with van der Waals surface area (Å²) in [7, 11) is 0. The number of rotatable bonds is 4. The van der Waals surface area contributed by atoms with Crippen LogP contribution in [0.4, 0.5) is 0 Å². The van der Waals surface area contributed by atoms with E-state index in [0.29, 0.717) is 12.1 Å². The highest BCUT2D eigenvalue weighted by atomic mass is 16.3. The van der Waals surface area contributed by atoms with E-state index in [2.05, 4.69) is 25.6 Å². The van der Waals surface area contributed by atoms with Gasteiger partial charge in [-0.2, -0.15) is 0 Å². The minimum absolute atomic E-state index is 0.505. The van der Waals surface area contributed by atoms with Crippen LogP contribution < -0.4 is 10.6 Å². The van der Waals surface area contributed by atoms with E-state index in [-0.39, 0.29) is 0 Å². The number of pyridine rings is 1. The van der Waals surface area contributed by atoms with Crippen molar-refractivity contribution in [3.8, 4) is 11.1 Å². The second-order valence-electron chi connectivity index (χ2n) is 7.22. The number of nitrogens with zero attached hydrogens (tertiary/aromatic N) is 3. The van der Waals surface area contributed by atoms with Crippen molar-refractivity contribution in [2.75, 3.05) is 13.1 Å². The van der Waals surface area contributed by atoms with Gasteiger partial charge in [-0.1, -0.05) is 6.07 Å². The lowest BCUT2D eigenvalue weighted by Crippen LogP contribution is -2.44. The van der Waals surface area contributed by atoms with Crippen LogP contribution in [-0.2, 0) is 5.60 Å². The first-order valence-corrected chi connectivity index (χ1v) is 9.14. The molecule has 2 aromatic rings. The van der Waals surface area contributed by atoms with Gasteiger partial charge in [0.1, 0.15) is 11.9 Å². The van der Waals surface area contributed by atoms with E-state index in [9.17, 15) is 5.11 Å². The van der Waals surface area contributed by atoms with Gasteiger partial charge < -0.3 is 15.7 Å². The largest absolute Gasteiger partial charge is 0.384 e. The van der Waals surface area contributed by atoms with Crippen molar-refractivity contribution < 1.29 is 5.11 Å². The fraction of sp³-hybridized carbons (Fsp3) is 0.526. The fourth-order valence-electron chi connectivity index (χ4n) is 3.94. The molecule has 1 aliphatic carbocycles. The normalized spacial score (nSPS) is 29.6. The summed E-state index contributed by atoms with van der Waals surface area (Å²) in [6.45, 7) is 2.17. The molecule has 6 nitrogen and oxygen atoms in total. The van der Waals surface area contributed by atoms with E-state index >= 15 is 0 Å². The van der Waals surface area contributed by atoms with E-state index in [4.69, 9.17) is 0 Å². The van der Waals surface area contributed by atoms with E-state index in [1.165, 1.54) is 12.7 Å². The zero-order valence-electron chi connectivity index (χ0n) is 14.4. The Morgan fingerprint density at radius 2 is 1.80 bits per heavy atom. The molecule has 1 aliphatic heterocycles. The topological polar surface area (TPSA) is 83.0 Å². The molecule has 4 rings (SSSR count). The molecular formula is C19H25N5O. The molecule has 0 radical (unpaired) electrons. The summed E-state index contributed by atoms with van der Waals surface area (Å²) in [5.41, 5.74) is 1.87. The first-order valence-electron chi connectivity index (χ1n) is 9.14. The Balaban J connectivity index is 1.39. The third-order valence-electron chi connectivity index (χ3n) is 5.48. The van der Waals surface area contributed by atoms with Gasteiger partial charge in [-0.3, -0.25) is 4.98 Å². The summed E-state index contributed by atoms with van der Waals surface area (Å²) in [6, 6.07) is 5.03. The molecule has 2 aromatic heterocycles. The Kier molecular flexibility index (Phi) is 4.74. The van der Waals surface area contributed by atoms with E-state index < -0.39 is 5.60 Å². The highest BCUT2D eigenvalue weighted by molar-refractivity contribution is 5.60. The molecule has 3 N–H and O–H groups in total. The molecule has 0 unspecified atom stereocenters. The van der Waals surface area contributed by atoms with E-state index in [1.54, 1.807) is 18.6 Å². The van der Waals surface area contributed by atoms with Crippen molar-refractivity contribution >= 4 is 0 Å². The lowest BCUT2D eigenvalue weighted by atomic mass is 9.79. The summed E-state index contributed by atoms with van der Waals surface area (Å²) in [4.78, 5) is 12.6. The molecule has 1 atom stereocenters. The summed E-state index contributed by atoms with van der Waals surface area (Å²) in [5.74, 6) is 0. The van der Waals surface area contributed by atoms with Crippen LogP contribution in [0, 0.1) is 0 Å². The molecule has 6 heteroatoms. The minimum atomic E-state index is -0.808. The summed E-state index contributed by atoms with van der Waals surface area (Å²) in [6.07, 6.45) is 11.6. The highest BCUT2D eigenvalue weighted by Gasteiger charge is 2.36. The molecule has 2 aliphatic rings. The van der Waals surface area contributed by atoms with Crippen molar-refractivity contribution in [1.82, 2.24) is 25.6 Å². The van der Waals surface area contributed by atoms with Gasteiger partial charge >= 0.3 is 0 Å². The first kappa shape index (κ1) is 16.6. The van der Waals surface area contributed by atoms with Gasteiger partial charge in [0, 0.05) is 48.3 Å². The molecule has 3 heterocycles. The Hall–Kier alpha value is -1.89. The van der Waals surface area contributed by atoms with E-state index in [1.807, 2.05) is 12.1 Å². The van der Waals surface area contributed by atoms with Crippen molar-refractivity contribution in [2.24, 2.45) is 0 Å². The molecule has 0 amide bonds. The maximum atomic E-state index is 11.1.